The van der Waals surface area contributed by atoms with Crippen LogP contribution in [0.15, 0.2) is 91.3 Å². The van der Waals surface area contributed by atoms with E-state index in [0.717, 1.165) is 46.9 Å². The first-order valence-corrected chi connectivity index (χ1v) is 20.5. The number of likely N-dealkylation sites (tertiary alicyclic amines) is 2. The Balaban J connectivity index is 0.942. The van der Waals surface area contributed by atoms with Gasteiger partial charge in [-0.2, -0.15) is 0 Å². The molecule has 5 atom stereocenters. The van der Waals surface area contributed by atoms with Gasteiger partial charge in [-0.15, -0.1) is 10.2 Å². The first-order valence-electron chi connectivity index (χ1n) is 20.5. The highest BCUT2D eigenvalue weighted by Gasteiger charge is 2.39. The van der Waals surface area contributed by atoms with E-state index in [0.29, 0.717) is 53.8 Å². The van der Waals surface area contributed by atoms with Gasteiger partial charge in [-0.3, -0.25) is 9.59 Å². The number of imidazole rings is 2. The van der Waals surface area contributed by atoms with Gasteiger partial charge in [0, 0.05) is 31.3 Å². The molecule has 6 aromatic rings. The van der Waals surface area contributed by atoms with Gasteiger partial charge >= 0.3 is 12.2 Å². The number of H-pyrrole nitrogens is 2. The number of alkyl carbamates (subject to hydrolysis) is 2. The van der Waals surface area contributed by atoms with Gasteiger partial charge in [0.05, 0.1) is 61.9 Å². The minimum Gasteiger partial charge on any atom is -0.453 e. The fraction of sp³-hybridized carbons (Fsp3) is 0.333. The van der Waals surface area contributed by atoms with Gasteiger partial charge in [0.1, 0.15) is 29.4 Å². The zero-order chi connectivity index (χ0) is 43.3. The highest BCUT2D eigenvalue weighted by molar-refractivity contribution is 5.91. The summed E-state index contributed by atoms with van der Waals surface area (Å²) in [4.78, 5) is 71.5. The normalized spacial score (nSPS) is 17.7. The molecule has 320 valence electrons. The molecule has 2 aliphatic rings. The summed E-state index contributed by atoms with van der Waals surface area (Å²) in [5.41, 5.74) is 5.31. The molecule has 0 saturated carbocycles. The summed E-state index contributed by atoms with van der Waals surface area (Å²) >= 11 is 0. The number of amides is 4. The standard InChI is InChI=1S/C45H48N10O7/c1-26(60-2)38(50-44(58)61-3)42(56)54-20-8-12-36(54)40-46-24-34(48-40)31-17-15-28-22-30(16-14-29(28)23-31)32-18-19-33(53-52-32)35-25-47-41(49-35)37-13-9-21-55(37)43(57)39(51-45(59)62-4)27-10-6-5-7-11-27/h5-7,10-11,14-19,22-26,36-39H,8-9,12-13,20-21H2,1-4H3,(H,46,48)(H,47,49)(H,50,58)(H,51,59)/t26-,36+,37+,38+,39-/m1/s1. The quantitative estimate of drug-likeness (QED) is 0.108. The first kappa shape index (κ1) is 41.6. The van der Waals surface area contributed by atoms with E-state index in [1.165, 1.54) is 21.3 Å². The molecule has 62 heavy (non-hydrogen) atoms. The molecule has 0 aliphatic carbocycles. The van der Waals surface area contributed by atoms with Crippen LogP contribution in [0, 0.1) is 0 Å². The summed E-state index contributed by atoms with van der Waals surface area (Å²) in [7, 11) is 4.02. The Bertz CT molecular complexity index is 2560. The molecule has 4 amide bonds. The smallest absolute Gasteiger partial charge is 0.407 e. The largest absolute Gasteiger partial charge is 0.453 e. The number of methoxy groups -OCH3 is 3. The Morgan fingerprint density at radius 1 is 0.677 bits per heavy atom. The van der Waals surface area contributed by atoms with Crippen LogP contribution in [0.3, 0.4) is 0 Å². The highest BCUT2D eigenvalue weighted by Crippen LogP contribution is 2.36. The average molecular weight is 841 g/mol. The maximum atomic E-state index is 13.9. The van der Waals surface area contributed by atoms with E-state index in [9.17, 15) is 19.2 Å². The third kappa shape index (κ3) is 8.56. The van der Waals surface area contributed by atoms with Gasteiger partial charge in [0.15, 0.2) is 0 Å². The topological polar surface area (TPSA) is 210 Å². The summed E-state index contributed by atoms with van der Waals surface area (Å²) in [6.45, 7) is 2.79. The van der Waals surface area contributed by atoms with Gasteiger partial charge in [0.25, 0.3) is 5.91 Å². The Hall–Kier alpha value is -7.14. The van der Waals surface area contributed by atoms with Crippen molar-refractivity contribution >= 4 is 34.8 Å². The first-order chi connectivity index (χ1) is 30.1. The molecule has 5 heterocycles. The lowest BCUT2D eigenvalue weighted by atomic mass is 10.0. The van der Waals surface area contributed by atoms with Crippen molar-refractivity contribution in [1.29, 1.82) is 0 Å². The van der Waals surface area contributed by atoms with E-state index in [1.54, 1.807) is 41.2 Å². The number of rotatable bonds is 12. The zero-order valence-corrected chi connectivity index (χ0v) is 34.8. The van der Waals surface area contributed by atoms with Crippen molar-refractivity contribution in [1.82, 2.24) is 50.6 Å². The predicted molar refractivity (Wildman–Crippen MR) is 228 cm³/mol. The van der Waals surface area contributed by atoms with Crippen molar-refractivity contribution in [3.05, 3.63) is 108 Å². The average Bonchev–Trinajstić information content (AvgIpc) is 4.17. The molecule has 4 N–H and O–H groups in total. The van der Waals surface area contributed by atoms with Crippen LogP contribution < -0.4 is 10.6 Å². The maximum absolute atomic E-state index is 13.9. The molecule has 3 aromatic heterocycles. The number of fused-ring (bicyclic) bond motifs is 1. The number of aromatic amines is 2. The summed E-state index contributed by atoms with van der Waals surface area (Å²) in [6, 6.07) is 22.8. The van der Waals surface area contributed by atoms with Crippen molar-refractivity contribution in [3.8, 4) is 33.9 Å². The summed E-state index contributed by atoms with van der Waals surface area (Å²) in [5.74, 6) is 0.810. The van der Waals surface area contributed by atoms with E-state index in [4.69, 9.17) is 14.2 Å². The van der Waals surface area contributed by atoms with E-state index in [1.807, 2.05) is 54.6 Å². The molecule has 2 fully saturated rings. The molecule has 3 aromatic carbocycles. The van der Waals surface area contributed by atoms with Crippen molar-refractivity contribution < 1.29 is 33.4 Å². The molecular formula is C45H48N10O7. The van der Waals surface area contributed by atoms with E-state index < -0.39 is 30.4 Å². The van der Waals surface area contributed by atoms with E-state index >= 15 is 0 Å². The van der Waals surface area contributed by atoms with Gasteiger partial charge in [0.2, 0.25) is 5.91 Å². The predicted octanol–water partition coefficient (Wildman–Crippen LogP) is 6.26. The second-order valence-corrected chi connectivity index (χ2v) is 15.4. The van der Waals surface area contributed by atoms with Gasteiger partial charge in [-0.1, -0.05) is 54.6 Å². The van der Waals surface area contributed by atoms with Gasteiger partial charge in [-0.05, 0) is 73.2 Å². The number of nitrogens with zero attached hydrogens (tertiary/aromatic N) is 6. The third-order valence-corrected chi connectivity index (χ3v) is 11.7. The van der Waals surface area contributed by atoms with Crippen LogP contribution in [0.25, 0.3) is 44.7 Å². The second kappa shape index (κ2) is 18.2. The molecule has 0 bridgehead atoms. The lowest BCUT2D eigenvalue weighted by molar-refractivity contribution is -0.137. The zero-order valence-electron chi connectivity index (χ0n) is 34.8. The molecule has 0 unspecified atom stereocenters. The summed E-state index contributed by atoms with van der Waals surface area (Å²) in [6.07, 6.45) is 4.56. The number of carbonyl (C=O) groups excluding carboxylic acids is 4. The van der Waals surface area contributed by atoms with Crippen LogP contribution in [-0.2, 0) is 23.8 Å². The third-order valence-electron chi connectivity index (χ3n) is 11.7. The summed E-state index contributed by atoms with van der Waals surface area (Å²) in [5, 5.41) is 16.4. The number of hydrogen-bond donors (Lipinski definition) is 4. The number of benzene rings is 3. The molecule has 2 saturated heterocycles. The van der Waals surface area contributed by atoms with Crippen molar-refractivity contribution in [2.45, 2.75) is 62.9 Å². The molecular weight excluding hydrogens is 793 g/mol. The maximum Gasteiger partial charge on any atom is 0.407 e. The van der Waals surface area contributed by atoms with Crippen LogP contribution in [0.2, 0.25) is 0 Å². The van der Waals surface area contributed by atoms with E-state index in [-0.39, 0.29) is 23.9 Å². The minimum absolute atomic E-state index is 0.242. The van der Waals surface area contributed by atoms with Crippen LogP contribution >= 0.6 is 0 Å². The van der Waals surface area contributed by atoms with Crippen molar-refractivity contribution in [3.63, 3.8) is 0 Å². The molecule has 17 heteroatoms. The molecule has 17 nitrogen and oxygen atoms in total. The lowest BCUT2D eigenvalue weighted by Gasteiger charge is -2.30. The molecule has 8 rings (SSSR count). The fourth-order valence-electron chi connectivity index (χ4n) is 8.28. The number of ether oxygens (including phenoxy) is 3. The Labute approximate surface area is 357 Å². The van der Waals surface area contributed by atoms with Crippen molar-refractivity contribution in [2.75, 3.05) is 34.4 Å². The van der Waals surface area contributed by atoms with Gasteiger partial charge < -0.3 is 44.6 Å². The number of hydrogen-bond acceptors (Lipinski definition) is 11. The summed E-state index contributed by atoms with van der Waals surface area (Å²) < 4.78 is 15.0. The monoisotopic (exact) mass is 840 g/mol. The Kier molecular flexibility index (Phi) is 12.2. The van der Waals surface area contributed by atoms with Gasteiger partial charge in [-0.25, -0.2) is 19.6 Å². The molecule has 2 aliphatic heterocycles. The van der Waals surface area contributed by atoms with Crippen LogP contribution in [0.4, 0.5) is 9.59 Å². The van der Waals surface area contributed by atoms with Crippen LogP contribution in [0.1, 0.15) is 67.9 Å². The molecule has 0 radical (unpaired) electrons. The Morgan fingerprint density at radius 3 is 1.87 bits per heavy atom. The second-order valence-electron chi connectivity index (χ2n) is 15.4. The lowest BCUT2D eigenvalue weighted by Crippen LogP contribution is -2.54. The Morgan fingerprint density at radius 2 is 1.24 bits per heavy atom. The minimum atomic E-state index is -0.908. The number of nitrogens with one attached hydrogen (secondary N) is 4. The molecule has 0 spiro atoms. The fourth-order valence-corrected chi connectivity index (χ4v) is 8.28. The van der Waals surface area contributed by atoms with Crippen LogP contribution in [0.5, 0.6) is 0 Å². The highest BCUT2D eigenvalue weighted by atomic mass is 16.5. The van der Waals surface area contributed by atoms with E-state index in [2.05, 4.69) is 52.9 Å². The SMILES string of the molecule is COC(=O)N[C@H](C(=O)N1CCC[C@H]1c1ncc(-c2ccc3cc(-c4ccc(-c5cnc([C@@H]6CCCN6C(=O)[C@H](NC(=O)OC)c6ccccc6)[nH]5)nn4)ccc3c2)[nH]1)[C@@H](C)OC. The number of carbonyl (C=O) groups is 4. The van der Waals surface area contributed by atoms with Crippen LogP contribution in [-0.4, -0.2) is 110 Å². The number of aromatic nitrogens is 6. The van der Waals surface area contributed by atoms with Crippen molar-refractivity contribution in [2.24, 2.45) is 0 Å².